The van der Waals surface area contributed by atoms with Gasteiger partial charge >= 0.3 is 0 Å². The summed E-state index contributed by atoms with van der Waals surface area (Å²) in [6.07, 6.45) is 0. The van der Waals surface area contributed by atoms with Crippen molar-refractivity contribution >= 4 is 40.7 Å². The van der Waals surface area contributed by atoms with Gasteiger partial charge in [0.25, 0.3) is 5.91 Å². The van der Waals surface area contributed by atoms with E-state index in [1.807, 2.05) is 30.9 Å². The Kier molecular flexibility index (Phi) is 6.77. The van der Waals surface area contributed by atoms with Crippen molar-refractivity contribution in [2.24, 2.45) is 0 Å². The third-order valence-electron chi connectivity index (χ3n) is 4.88. The van der Waals surface area contributed by atoms with Gasteiger partial charge in [-0.25, -0.2) is 4.39 Å². The standard InChI is InChI=1S/C21H22Cl2FN3O2/c1-13-9-14(2)20(17(23)10-13)25-19(28)12-26-5-7-27(8-6-26)21(29)16-11-15(22)3-4-18(16)24/h3-4,9-11H,5-8,12H2,1-2H3,(H,25,28). The van der Waals surface area contributed by atoms with Crippen molar-refractivity contribution < 1.29 is 14.0 Å². The first kappa shape index (κ1) is 21.6. The lowest BCUT2D eigenvalue weighted by Gasteiger charge is -2.34. The highest BCUT2D eigenvalue weighted by Crippen LogP contribution is 2.27. The summed E-state index contributed by atoms with van der Waals surface area (Å²) in [4.78, 5) is 28.5. The monoisotopic (exact) mass is 437 g/mol. The van der Waals surface area contributed by atoms with Gasteiger partial charge in [0.15, 0.2) is 0 Å². The topological polar surface area (TPSA) is 52.7 Å². The first-order chi connectivity index (χ1) is 13.7. The van der Waals surface area contributed by atoms with E-state index in [0.29, 0.717) is 41.9 Å². The molecule has 8 heteroatoms. The molecule has 154 valence electrons. The molecular weight excluding hydrogens is 416 g/mol. The van der Waals surface area contributed by atoms with E-state index < -0.39 is 11.7 Å². The van der Waals surface area contributed by atoms with Gasteiger partial charge in [0.05, 0.1) is 22.8 Å². The number of anilines is 1. The average molecular weight is 438 g/mol. The fourth-order valence-electron chi connectivity index (χ4n) is 3.40. The molecule has 0 atom stereocenters. The lowest BCUT2D eigenvalue weighted by atomic mass is 10.1. The van der Waals surface area contributed by atoms with Crippen LogP contribution in [0.25, 0.3) is 0 Å². The Morgan fingerprint density at radius 3 is 2.41 bits per heavy atom. The minimum absolute atomic E-state index is 0.0341. The number of hydrogen-bond donors (Lipinski definition) is 1. The van der Waals surface area contributed by atoms with Crippen molar-refractivity contribution in [2.45, 2.75) is 13.8 Å². The number of rotatable bonds is 4. The smallest absolute Gasteiger partial charge is 0.256 e. The average Bonchev–Trinajstić information content (AvgIpc) is 2.66. The van der Waals surface area contributed by atoms with Crippen molar-refractivity contribution in [3.63, 3.8) is 0 Å². The number of carbonyl (C=O) groups excluding carboxylic acids is 2. The number of benzene rings is 2. The molecule has 0 bridgehead atoms. The molecule has 29 heavy (non-hydrogen) atoms. The molecule has 1 heterocycles. The number of nitrogens with zero attached hydrogens (tertiary/aromatic N) is 2. The van der Waals surface area contributed by atoms with Gasteiger partial charge in [0, 0.05) is 31.2 Å². The van der Waals surface area contributed by atoms with Crippen molar-refractivity contribution in [1.82, 2.24) is 9.80 Å². The number of aryl methyl sites for hydroxylation is 2. The molecule has 0 aliphatic carbocycles. The number of nitrogens with one attached hydrogen (secondary N) is 1. The molecule has 1 N–H and O–H groups in total. The summed E-state index contributed by atoms with van der Waals surface area (Å²) < 4.78 is 13.9. The summed E-state index contributed by atoms with van der Waals surface area (Å²) in [5.74, 6) is -1.15. The molecule has 2 aromatic rings. The number of carbonyl (C=O) groups is 2. The summed E-state index contributed by atoms with van der Waals surface area (Å²) >= 11 is 12.1. The molecule has 3 rings (SSSR count). The van der Waals surface area contributed by atoms with E-state index in [1.165, 1.54) is 18.2 Å². The van der Waals surface area contributed by atoms with Crippen LogP contribution in [-0.2, 0) is 4.79 Å². The highest BCUT2D eigenvalue weighted by molar-refractivity contribution is 6.34. The molecule has 0 unspecified atom stereocenters. The van der Waals surface area contributed by atoms with Gasteiger partial charge in [-0.3, -0.25) is 14.5 Å². The van der Waals surface area contributed by atoms with Crippen LogP contribution in [0.2, 0.25) is 10.0 Å². The van der Waals surface area contributed by atoms with E-state index in [2.05, 4.69) is 5.32 Å². The normalized spacial score (nSPS) is 14.7. The molecule has 1 aliphatic rings. The predicted molar refractivity (Wildman–Crippen MR) is 113 cm³/mol. The van der Waals surface area contributed by atoms with Crippen LogP contribution in [0.3, 0.4) is 0 Å². The molecule has 0 radical (unpaired) electrons. The molecular formula is C21H22Cl2FN3O2. The van der Waals surface area contributed by atoms with E-state index in [9.17, 15) is 14.0 Å². The minimum Gasteiger partial charge on any atom is -0.336 e. The number of halogens is 3. The molecule has 0 aromatic heterocycles. The second-order valence-electron chi connectivity index (χ2n) is 7.18. The zero-order valence-corrected chi connectivity index (χ0v) is 17.8. The largest absolute Gasteiger partial charge is 0.336 e. The van der Waals surface area contributed by atoms with Crippen LogP contribution >= 0.6 is 23.2 Å². The van der Waals surface area contributed by atoms with Gasteiger partial charge in [0.1, 0.15) is 5.82 Å². The lowest BCUT2D eigenvalue weighted by Crippen LogP contribution is -2.50. The molecule has 1 saturated heterocycles. The van der Waals surface area contributed by atoms with Gasteiger partial charge in [0.2, 0.25) is 5.91 Å². The number of piperazine rings is 1. The molecule has 2 aromatic carbocycles. The van der Waals surface area contributed by atoms with Crippen molar-refractivity contribution in [1.29, 1.82) is 0 Å². The Balaban J connectivity index is 1.55. The van der Waals surface area contributed by atoms with Crippen LogP contribution in [-0.4, -0.2) is 54.3 Å². The van der Waals surface area contributed by atoms with E-state index in [1.54, 1.807) is 4.90 Å². The van der Waals surface area contributed by atoms with Crippen molar-refractivity contribution in [3.05, 3.63) is 62.9 Å². The number of amides is 2. The summed E-state index contributed by atoms with van der Waals surface area (Å²) in [7, 11) is 0. The van der Waals surface area contributed by atoms with Crippen LogP contribution in [0.15, 0.2) is 30.3 Å². The third-order valence-corrected chi connectivity index (χ3v) is 5.41. The van der Waals surface area contributed by atoms with Crippen LogP contribution in [0, 0.1) is 19.7 Å². The third kappa shape index (κ3) is 5.26. The second kappa shape index (κ2) is 9.11. The quantitative estimate of drug-likeness (QED) is 0.781. The summed E-state index contributed by atoms with van der Waals surface area (Å²) in [5, 5.41) is 3.69. The molecule has 2 amide bonds. The maximum Gasteiger partial charge on any atom is 0.256 e. The first-order valence-electron chi connectivity index (χ1n) is 9.28. The lowest BCUT2D eigenvalue weighted by molar-refractivity contribution is -0.117. The van der Waals surface area contributed by atoms with Crippen molar-refractivity contribution in [2.75, 3.05) is 38.0 Å². The predicted octanol–water partition coefficient (Wildman–Crippen LogP) is 4.15. The van der Waals surface area contributed by atoms with Crippen LogP contribution in [0.4, 0.5) is 10.1 Å². The van der Waals surface area contributed by atoms with E-state index in [-0.39, 0.29) is 18.0 Å². The summed E-state index contributed by atoms with van der Waals surface area (Å²) in [6, 6.07) is 7.71. The van der Waals surface area contributed by atoms with Crippen LogP contribution in [0.1, 0.15) is 21.5 Å². The molecule has 0 saturated carbocycles. The fraction of sp³-hybridized carbons (Fsp3) is 0.333. The maximum atomic E-state index is 13.9. The minimum atomic E-state index is -0.591. The van der Waals surface area contributed by atoms with Crippen LogP contribution < -0.4 is 5.32 Å². The Morgan fingerprint density at radius 1 is 1.07 bits per heavy atom. The molecule has 5 nitrogen and oxygen atoms in total. The second-order valence-corrected chi connectivity index (χ2v) is 8.02. The van der Waals surface area contributed by atoms with Gasteiger partial charge in [-0.1, -0.05) is 29.3 Å². The maximum absolute atomic E-state index is 13.9. The first-order valence-corrected chi connectivity index (χ1v) is 10.0. The Hall–Kier alpha value is -2.15. The summed E-state index contributed by atoms with van der Waals surface area (Å²) in [6.45, 7) is 5.88. The van der Waals surface area contributed by atoms with E-state index in [4.69, 9.17) is 23.2 Å². The molecule has 1 aliphatic heterocycles. The number of hydrogen-bond acceptors (Lipinski definition) is 3. The summed E-state index contributed by atoms with van der Waals surface area (Å²) in [5.41, 5.74) is 2.52. The van der Waals surface area contributed by atoms with Gasteiger partial charge < -0.3 is 10.2 Å². The molecule has 1 fully saturated rings. The zero-order chi connectivity index (χ0) is 21.1. The van der Waals surface area contributed by atoms with Crippen LogP contribution in [0.5, 0.6) is 0 Å². The van der Waals surface area contributed by atoms with Crippen molar-refractivity contribution in [3.8, 4) is 0 Å². The molecule has 0 spiro atoms. The van der Waals surface area contributed by atoms with Gasteiger partial charge in [-0.15, -0.1) is 0 Å². The Bertz CT molecular complexity index is 921. The van der Waals surface area contributed by atoms with E-state index >= 15 is 0 Å². The van der Waals surface area contributed by atoms with E-state index in [0.717, 1.165) is 11.1 Å². The Labute approximate surface area is 179 Å². The van der Waals surface area contributed by atoms with Gasteiger partial charge in [-0.2, -0.15) is 0 Å². The fourth-order valence-corrected chi connectivity index (χ4v) is 3.94. The van der Waals surface area contributed by atoms with Gasteiger partial charge in [-0.05, 0) is 49.2 Å². The highest BCUT2D eigenvalue weighted by Gasteiger charge is 2.25. The SMILES string of the molecule is Cc1cc(C)c(NC(=O)CN2CCN(C(=O)c3cc(Cl)ccc3F)CC2)c(Cl)c1. The highest BCUT2D eigenvalue weighted by atomic mass is 35.5. The Morgan fingerprint density at radius 2 is 1.76 bits per heavy atom. The zero-order valence-electron chi connectivity index (χ0n) is 16.3.